The van der Waals surface area contributed by atoms with Gasteiger partial charge in [0.05, 0.1) is 5.69 Å². The summed E-state index contributed by atoms with van der Waals surface area (Å²) >= 11 is 0. The van der Waals surface area contributed by atoms with E-state index in [1.54, 1.807) is 36.4 Å². The molecule has 0 aliphatic rings. The zero-order valence-electron chi connectivity index (χ0n) is 12.9. The van der Waals surface area contributed by atoms with E-state index in [2.05, 4.69) is 5.92 Å². The van der Waals surface area contributed by atoms with Gasteiger partial charge in [-0.15, -0.1) is 12.3 Å². The first kappa shape index (κ1) is 17.3. The molecule has 124 valence electrons. The molecule has 0 unspecified atom stereocenters. The van der Waals surface area contributed by atoms with Gasteiger partial charge in [-0.25, -0.2) is 20.0 Å². The van der Waals surface area contributed by atoms with E-state index in [1.807, 2.05) is 0 Å². The number of hydrogen-bond donors (Lipinski definition) is 1. The van der Waals surface area contributed by atoms with Crippen molar-refractivity contribution in [1.82, 2.24) is 0 Å². The highest BCUT2D eigenvalue weighted by Gasteiger charge is 2.12. The van der Waals surface area contributed by atoms with Gasteiger partial charge in [0.25, 0.3) is 0 Å². The monoisotopic (exact) mass is 328 g/mol. The molecule has 0 aliphatic heterocycles. The summed E-state index contributed by atoms with van der Waals surface area (Å²) < 4.78 is 23.3. The molecule has 0 bridgehead atoms. The van der Waals surface area contributed by atoms with Crippen LogP contribution in [0.4, 0.5) is 14.9 Å². The number of nitrogens with zero attached hydrogens (tertiary/aromatic N) is 1. The molecule has 2 aromatic rings. The van der Waals surface area contributed by atoms with Crippen molar-refractivity contribution in [2.24, 2.45) is 5.84 Å². The van der Waals surface area contributed by atoms with Crippen molar-refractivity contribution in [3.05, 3.63) is 59.9 Å². The maximum atomic E-state index is 12.8. The molecule has 0 spiro atoms. The van der Waals surface area contributed by atoms with Gasteiger partial charge in [0.15, 0.2) is 0 Å². The maximum Gasteiger partial charge on any atom is 0.428 e. The molecule has 0 atom stereocenters. The first-order valence-electron chi connectivity index (χ1n) is 7.22. The van der Waals surface area contributed by atoms with Gasteiger partial charge < -0.3 is 9.47 Å². The standard InChI is InChI=1S/C18H17FN2O3/c1-2-3-12-23-18(22)21(20)16-8-10-17(11-9-16)24-13-14-4-6-15(19)7-5-14/h1,4-11H,3,12-13,20H2. The van der Waals surface area contributed by atoms with Gasteiger partial charge in [-0.1, -0.05) is 12.1 Å². The number of carbonyl (C=O) groups is 1. The third-order valence-electron chi connectivity index (χ3n) is 3.10. The molecule has 0 aliphatic carbocycles. The molecule has 24 heavy (non-hydrogen) atoms. The Morgan fingerprint density at radius 2 is 1.83 bits per heavy atom. The van der Waals surface area contributed by atoms with Gasteiger partial charge in [0, 0.05) is 6.42 Å². The van der Waals surface area contributed by atoms with E-state index >= 15 is 0 Å². The number of hydrazine groups is 1. The summed E-state index contributed by atoms with van der Waals surface area (Å²) in [4.78, 5) is 11.7. The fourth-order valence-electron chi connectivity index (χ4n) is 1.82. The van der Waals surface area contributed by atoms with Crippen LogP contribution in [0.5, 0.6) is 5.75 Å². The summed E-state index contributed by atoms with van der Waals surface area (Å²) in [5.74, 6) is 8.35. The van der Waals surface area contributed by atoms with Crippen LogP contribution in [-0.2, 0) is 11.3 Å². The van der Waals surface area contributed by atoms with Crippen molar-refractivity contribution in [1.29, 1.82) is 0 Å². The lowest BCUT2D eigenvalue weighted by Crippen LogP contribution is -2.38. The summed E-state index contributed by atoms with van der Waals surface area (Å²) in [5.41, 5.74) is 1.30. The van der Waals surface area contributed by atoms with Gasteiger partial charge in [-0.3, -0.25) is 0 Å². The Morgan fingerprint density at radius 1 is 1.17 bits per heavy atom. The Bertz CT molecular complexity index is 709. The molecule has 6 heteroatoms. The van der Waals surface area contributed by atoms with Crippen LogP contribution < -0.4 is 15.6 Å². The predicted octanol–water partition coefficient (Wildman–Crippen LogP) is 3.24. The van der Waals surface area contributed by atoms with E-state index in [0.29, 0.717) is 24.5 Å². The van der Waals surface area contributed by atoms with Crippen molar-refractivity contribution in [2.45, 2.75) is 13.0 Å². The quantitative estimate of drug-likeness (QED) is 0.291. The van der Waals surface area contributed by atoms with E-state index in [1.165, 1.54) is 12.1 Å². The second-order valence-corrected chi connectivity index (χ2v) is 4.85. The molecule has 0 heterocycles. The highest BCUT2D eigenvalue weighted by atomic mass is 19.1. The van der Waals surface area contributed by atoms with E-state index < -0.39 is 6.09 Å². The van der Waals surface area contributed by atoms with Crippen LogP contribution in [0.3, 0.4) is 0 Å². The average Bonchev–Trinajstić information content (AvgIpc) is 2.61. The Balaban J connectivity index is 1.89. The molecular formula is C18H17FN2O3. The number of amides is 1. The first-order valence-corrected chi connectivity index (χ1v) is 7.22. The van der Waals surface area contributed by atoms with Crippen LogP contribution in [0.15, 0.2) is 48.5 Å². The van der Waals surface area contributed by atoms with Crippen LogP contribution in [-0.4, -0.2) is 12.7 Å². The van der Waals surface area contributed by atoms with E-state index in [4.69, 9.17) is 21.7 Å². The summed E-state index contributed by atoms with van der Waals surface area (Å²) in [6.07, 6.45) is 4.72. The summed E-state index contributed by atoms with van der Waals surface area (Å²) in [5, 5.41) is 0.889. The lowest BCUT2D eigenvalue weighted by molar-refractivity contribution is 0.156. The Kier molecular flexibility index (Phi) is 6.17. The Morgan fingerprint density at radius 3 is 2.46 bits per heavy atom. The highest BCUT2D eigenvalue weighted by molar-refractivity contribution is 5.86. The third kappa shape index (κ3) is 5.00. The minimum atomic E-state index is -0.690. The lowest BCUT2D eigenvalue weighted by Gasteiger charge is -2.16. The molecular weight excluding hydrogens is 311 g/mol. The zero-order valence-corrected chi connectivity index (χ0v) is 12.9. The molecule has 0 radical (unpaired) electrons. The molecule has 0 saturated carbocycles. The highest BCUT2D eigenvalue weighted by Crippen LogP contribution is 2.19. The SMILES string of the molecule is C#CCCOC(=O)N(N)c1ccc(OCc2ccc(F)cc2)cc1. The second kappa shape index (κ2) is 8.56. The normalized spacial score (nSPS) is 9.88. The minimum absolute atomic E-state index is 0.113. The first-order chi connectivity index (χ1) is 11.6. The van der Waals surface area contributed by atoms with Crippen LogP contribution in [0.25, 0.3) is 0 Å². The van der Waals surface area contributed by atoms with Crippen LogP contribution in [0, 0.1) is 18.2 Å². The van der Waals surface area contributed by atoms with Crippen molar-refractivity contribution in [2.75, 3.05) is 11.6 Å². The minimum Gasteiger partial charge on any atom is -0.489 e. The molecule has 2 aromatic carbocycles. The van der Waals surface area contributed by atoms with Crippen molar-refractivity contribution < 1.29 is 18.7 Å². The van der Waals surface area contributed by atoms with Crippen molar-refractivity contribution >= 4 is 11.8 Å². The fraction of sp³-hybridized carbons (Fsp3) is 0.167. The van der Waals surface area contributed by atoms with Gasteiger partial charge >= 0.3 is 6.09 Å². The number of anilines is 1. The summed E-state index contributed by atoms with van der Waals surface area (Å²) in [6.45, 7) is 0.419. The number of ether oxygens (including phenoxy) is 2. The Labute approximate surface area is 139 Å². The number of hydrogen-bond acceptors (Lipinski definition) is 4. The van der Waals surface area contributed by atoms with E-state index in [9.17, 15) is 9.18 Å². The predicted molar refractivity (Wildman–Crippen MR) is 88.6 cm³/mol. The lowest BCUT2D eigenvalue weighted by atomic mass is 10.2. The van der Waals surface area contributed by atoms with Crippen LogP contribution >= 0.6 is 0 Å². The van der Waals surface area contributed by atoms with Crippen LogP contribution in [0.2, 0.25) is 0 Å². The smallest absolute Gasteiger partial charge is 0.428 e. The molecule has 0 aromatic heterocycles. The number of benzene rings is 2. The van der Waals surface area contributed by atoms with Crippen molar-refractivity contribution in [3.63, 3.8) is 0 Å². The topological polar surface area (TPSA) is 64.8 Å². The summed E-state index contributed by atoms with van der Waals surface area (Å²) in [7, 11) is 0. The molecule has 1 amide bonds. The molecule has 0 saturated heterocycles. The molecule has 0 fully saturated rings. The van der Waals surface area contributed by atoms with Gasteiger partial charge in [0.1, 0.15) is 24.8 Å². The average molecular weight is 328 g/mol. The fourth-order valence-corrected chi connectivity index (χ4v) is 1.82. The molecule has 2 rings (SSSR count). The third-order valence-corrected chi connectivity index (χ3v) is 3.10. The molecule has 5 nitrogen and oxygen atoms in total. The van der Waals surface area contributed by atoms with Gasteiger partial charge in [-0.05, 0) is 42.0 Å². The Hall–Kier alpha value is -3.04. The number of halogens is 1. The number of terminal acetylenes is 1. The van der Waals surface area contributed by atoms with Crippen LogP contribution in [0.1, 0.15) is 12.0 Å². The van der Waals surface area contributed by atoms with Gasteiger partial charge in [-0.2, -0.15) is 0 Å². The summed E-state index contributed by atoms with van der Waals surface area (Å²) in [6, 6.07) is 12.7. The largest absolute Gasteiger partial charge is 0.489 e. The number of rotatable bonds is 6. The molecule has 2 N–H and O–H groups in total. The van der Waals surface area contributed by atoms with E-state index in [-0.39, 0.29) is 12.4 Å². The van der Waals surface area contributed by atoms with E-state index in [0.717, 1.165) is 10.6 Å². The van der Waals surface area contributed by atoms with Gasteiger partial charge in [0.2, 0.25) is 0 Å². The maximum absolute atomic E-state index is 12.8. The second-order valence-electron chi connectivity index (χ2n) is 4.85. The van der Waals surface area contributed by atoms with Crippen molar-refractivity contribution in [3.8, 4) is 18.1 Å². The zero-order chi connectivity index (χ0) is 17.4. The number of carbonyl (C=O) groups excluding carboxylic acids is 1. The number of nitrogens with two attached hydrogens (primary N) is 1.